The van der Waals surface area contributed by atoms with E-state index in [1.165, 1.54) is 0 Å². The number of carbonyl (C=O) groups is 1. The van der Waals surface area contributed by atoms with Crippen molar-refractivity contribution in [3.63, 3.8) is 0 Å². The van der Waals surface area contributed by atoms with Gasteiger partial charge in [0.05, 0.1) is 6.61 Å². The van der Waals surface area contributed by atoms with Crippen LogP contribution in [0.5, 0.6) is 5.75 Å². The maximum atomic E-state index is 11.6. The van der Waals surface area contributed by atoms with Crippen molar-refractivity contribution in [3.05, 3.63) is 65.7 Å². The van der Waals surface area contributed by atoms with Gasteiger partial charge in [-0.15, -0.1) is 0 Å². The van der Waals surface area contributed by atoms with E-state index in [2.05, 4.69) is 5.32 Å². The molecule has 4 heteroatoms. The first-order valence-electron chi connectivity index (χ1n) is 8.13. The minimum atomic E-state index is -0.384. The molecule has 0 aliphatic carbocycles. The molecule has 0 heterocycles. The van der Waals surface area contributed by atoms with Crippen LogP contribution in [-0.4, -0.2) is 18.2 Å². The van der Waals surface area contributed by atoms with E-state index in [4.69, 9.17) is 9.47 Å². The molecule has 24 heavy (non-hydrogen) atoms. The third kappa shape index (κ3) is 6.73. The average Bonchev–Trinajstić information content (AvgIpc) is 2.53. The van der Waals surface area contributed by atoms with Crippen LogP contribution in [-0.2, 0) is 17.8 Å². The van der Waals surface area contributed by atoms with Gasteiger partial charge in [-0.2, -0.15) is 0 Å². The van der Waals surface area contributed by atoms with Gasteiger partial charge in [0.25, 0.3) is 0 Å². The molecule has 2 rings (SSSR count). The lowest BCUT2D eigenvalue weighted by molar-refractivity contribution is 0.139. The van der Waals surface area contributed by atoms with Gasteiger partial charge in [-0.1, -0.05) is 42.5 Å². The lowest BCUT2D eigenvalue weighted by Crippen LogP contribution is -2.41. The second kappa shape index (κ2) is 8.39. The van der Waals surface area contributed by atoms with Crippen LogP contribution in [0, 0.1) is 0 Å². The van der Waals surface area contributed by atoms with Crippen molar-refractivity contribution >= 4 is 6.09 Å². The van der Waals surface area contributed by atoms with Crippen molar-refractivity contribution in [2.24, 2.45) is 0 Å². The highest BCUT2D eigenvalue weighted by molar-refractivity contribution is 5.68. The Balaban J connectivity index is 1.73. The predicted molar refractivity (Wildman–Crippen MR) is 95.2 cm³/mol. The number of rotatable bonds is 6. The summed E-state index contributed by atoms with van der Waals surface area (Å²) >= 11 is 0. The molecule has 0 saturated carbocycles. The zero-order chi connectivity index (χ0) is 17.4. The van der Waals surface area contributed by atoms with Gasteiger partial charge in [-0.3, -0.25) is 0 Å². The number of alkyl carbamates (subject to hydrolysis) is 1. The number of nitrogens with one attached hydrogen (secondary N) is 1. The Kier molecular flexibility index (Phi) is 6.24. The maximum absolute atomic E-state index is 11.6. The number of hydrogen-bond donors (Lipinski definition) is 1. The predicted octanol–water partition coefficient (Wildman–Crippen LogP) is 4.33. The number of amides is 1. The first kappa shape index (κ1) is 17.9. The Bertz CT molecular complexity index is 630. The summed E-state index contributed by atoms with van der Waals surface area (Å²) in [6.07, 6.45) is 0.293. The van der Waals surface area contributed by atoms with Crippen molar-refractivity contribution in [3.8, 4) is 5.75 Å². The monoisotopic (exact) mass is 327 g/mol. The van der Waals surface area contributed by atoms with Gasteiger partial charge in [0, 0.05) is 12.0 Å². The minimum Gasteiger partial charge on any atom is -0.489 e. The van der Waals surface area contributed by atoms with Crippen LogP contribution in [0.15, 0.2) is 54.6 Å². The molecule has 0 radical (unpaired) electrons. The normalized spacial score (nSPS) is 11.0. The summed E-state index contributed by atoms with van der Waals surface area (Å²) in [5.41, 5.74) is 1.96. The van der Waals surface area contributed by atoms with Crippen molar-refractivity contribution in [2.75, 3.05) is 6.61 Å². The number of hydrogen-bond acceptors (Lipinski definition) is 3. The fraction of sp³-hybridized carbons (Fsp3) is 0.350. The highest BCUT2D eigenvalue weighted by Gasteiger charge is 2.14. The Morgan fingerprint density at radius 2 is 1.62 bits per heavy atom. The lowest BCUT2D eigenvalue weighted by atomic mass is 10.1. The van der Waals surface area contributed by atoms with E-state index in [1.54, 1.807) is 0 Å². The van der Waals surface area contributed by atoms with Crippen LogP contribution in [0.1, 0.15) is 31.9 Å². The van der Waals surface area contributed by atoms with Crippen LogP contribution in [0.3, 0.4) is 0 Å². The zero-order valence-electron chi connectivity index (χ0n) is 14.5. The van der Waals surface area contributed by atoms with Crippen LogP contribution >= 0.6 is 0 Å². The highest BCUT2D eigenvalue weighted by Crippen LogP contribution is 2.14. The maximum Gasteiger partial charge on any atom is 0.407 e. The smallest absolute Gasteiger partial charge is 0.407 e. The van der Waals surface area contributed by atoms with E-state index in [0.29, 0.717) is 19.6 Å². The van der Waals surface area contributed by atoms with Crippen LogP contribution in [0.25, 0.3) is 0 Å². The molecular formula is C20H25NO3. The molecule has 1 amide bonds. The van der Waals surface area contributed by atoms with Crippen molar-refractivity contribution in [1.29, 1.82) is 0 Å². The van der Waals surface area contributed by atoms with Gasteiger partial charge >= 0.3 is 6.09 Å². The molecule has 2 aromatic carbocycles. The summed E-state index contributed by atoms with van der Waals surface area (Å²) in [6.45, 7) is 6.66. The fourth-order valence-electron chi connectivity index (χ4n) is 2.10. The van der Waals surface area contributed by atoms with E-state index in [9.17, 15) is 4.79 Å². The summed E-state index contributed by atoms with van der Waals surface area (Å²) in [7, 11) is 0. The molecule has 4 nitrogen and oxygen atoms in total. The van der Waals surface area contributed by atoms with Crippen LogP contribution < -0.4 is 10.1 Å². The third-order valence-corrected chi connectivity index (χ3v) is 3.27. The Labute approximate surface area is 143 Å². The number of carbonyl (C=O) groups excluding carboxylic acids is 1. The third-order valence-electron chi connectivity index (χ3n) is 3.27. The topological polar surface area (TPSA) is 47.6 Å². The molecule has 0 spiro atoms. The van der Waals surface area contributed by atoms with E-state index >= 15 is 0 Å². The van der Waals surface area contributed by atoms with E-state index in [-0.39, 0.29) is 11.6 Å². The Morgan fingerprint density at radius 1 is 0.958 bits per heavy atom. The zero-order valence-corrected chi connectivity index (χ0v) is 14.5. The lowest BCUT2D eigenvalue weighted by Gasteiger charge is -2.19. The SMILES string of the molecule is CC(C)(C)NC(=O)OCCc1ccc(OCc2ccccc2)cc1. The molecule has 2 aromatic rings. The van der Waals surface area contributed by atoms with Crippen molar-refractivity contribution in [1.82, 2.24) is 5.32 Å². The second-order valence-electron chi connectivity index (χ2n) is 6.68. The van der Waals surface area contributed by atoms with Gasteiger partial charge in [-0.25, -0.2) is 4.79 Å². The molecular weight excluding hydrogens is 302 g/mol. The Morgan fingerprint density at radius 3 is 2.25 bits per heavy atom. The standard InChI is InChI=1S/C20H25NO3/c1-20(2,3)21-19(22)23-14-13-16-9-11-18(12-10-16)24-15-17-7-5-4-6-8-17/h4-12H,13-15H2,1-3H3,(H,21,22). The minimum absolute atomic E-state index is 0.283. The molecule has 0 aliphatic heterocycles. The molecule has 0 bridgehead atoms. The quantitative estimate of drug-likeness (QED) is 0.859. The molecule has 128 valence electrons. The molecule has 0 fully saturated rings. The van der Waals surface area contributed by atoms with Gasteiger partial charge < -0.3 is 14.8 Å². The first-order chi connectivity index (χ1) is 11.4. The van der Waals surface area contributed by atoms with E-state index in [0.717, 1.165) is 16.9 Å². The van der Waals surface area contributed by atoms with Gasteiger partial charge in [0.1, 0.15) is 12.4 Å². The van der Waals surface area contributed by atoms with Crippen LogP contribution in [0.2, 0.25) is 0 Å². The highest BCUT2D eigenvalue weighted by atomic mass is 16.5. The summed E-state index contributed by atoms with van der Waals surface area (Å²) in [5, 5.41) is 2.77. The number of ether oxygens (including phenoxy) is 2. The summed E-state index contributed by atoms with van der Waals surface area (Å²) in [6, 6.07) is 17.9. The summed E-state index contributed by atoms with van der Waals surface area (Å²) in [4.78, 5) is 11.6. The molecule has 0 aromatic heterocycles. The van der Waals surface area contributed by atoms with Crippen molar-refractivity contribution in [2.45, 2.75) is 39.3 Å². The first-order valence-corrected chi connectivity index (χ1v) is 8.13. The van der Waals surface area contributed by atoms with E-state index in [1.807, 2.05) is 75.4 Å². The van der Waals surface area contributed by atoms with E-state index < -0.39 is 0 Å². The molecule has 1 N–H and O–H groups in total. The number of benzene rings is 2. The molecule has 0 unspecified atom stereocenters. The largest absolute Gasteiger partial charge is 0.489 e. The van der Waals surface area contributed by atoms with Crippen molar-refractivity contribution < 1.29 is 14.3 Å². The summed E-state index contributed by atoms with van der Waals surface area (Å²) in [5.74, 6) is 0.828. The van der Waals surface area contributed by atoms with Gasteiger partial charge in [-0.05, 0) is 44.0 Å². The Hall–Kier alpha value is -2.49. The van der Waals surface area contributed by atoms with Gasteiger partial charge in [0.15, 0.2) is 0 Å². The molecule has 0 saturated heterocycles. The molecule has 0 atom stereocenters. The molecule has 0 aliphatic rings. The fourth-order valence-corrected chi connectivity index (χ4v) is 2.10. The van der Waals surface area contributed by atoms with Gasteiger partial charge in [0.2, 0.25) is 0 Å². The van der Waals surface area contributed by atoms with Crippen LogP contribution in [0.4, 0.5) is 4.79 Å². The summed E-state index contributed by atoms with van der Waals surface area (Å²) < 4.78 is 10.9. The average molecular weight is 327 g/mol. The second-order valence-corrected chi connectivity index (χ2v) is 6.68.